The number of rotatable bonds is 3. The standard InChI is InChI=1S/C26H28Br2/c1-13(2)17-9-21-19(23(27)11-17)7-15(5)25(21)26-16(6)8-20-22(26)10-18(14(3)4)12-24(20)28/h7-14,25-26H,1-6H3. The van der Waals surface area contributed by atoms with Gasteiger partial charge in [0.15, 0.2) is 0 Å². The zero-order valence-electron chi connectivity index (χ0n) is 17.5. The summed E-state index contributed by atoms with van der Waals surface area (Å²) in [5.41, 5.74) is 11.5. The van der Waals surface area contributed by atoms with Crippen LogP contribution in [-0.4, -0.2) is 0 Å². The highest BCUT2D eigenvalue weighted by Gasteiger charge is 2.37. The smallest absolute Gasteiger partial charge is 0.0253 e. The van der Waals surface area contributed by atoms with Gasteiger partial charge in [0, 0.05) is 20.8 Å². The summed E-state index contributed by atoms with van der Waals surface area (Å²) in [5.74, 6) is 1.88. The molecule has 146 valence electrons. The summed E-state index contributed by atoms with van der Waals surface area (Å²) in [6, 6.07) is 9.51. The van der Waals surface area contributed by atoms with Gasteiger partial charge in [-0.05, 0) is 71.2 Å². The topological polar surface area (TPSA) is 0 Å². The molecule has 0 N–H and O–H groups in total. The molecule has 0 heterocycles. The van der Waals surface area contributed by atoms with Gasteiger partial charge < -0.3 is 0 Å². The highest BCUT2D eigenvalue weighted by atomic mass is 79.9. The molecule has 0 saturated heterocycles. The first-order chi connectivity index (χ1) is 13.2. The monoisotopic (exact) mass is 498 g/mol. The molecule has 2 heteroatoms. The van der Waals surface area contributed by atoms with Gasteiger partial charge in [-0.1, -0.05) is 95.0 Å². The predicted molar refractivity (Wildman–Crippen MR) is 129 cm³/mol. The van der Waals surface area contributed by atoms with Crippen LogP contribution in [0.2, 0.25) is 0 Å². The van der Waals surface area contributed by atoms with Gasteiger partial charge in [-0.2, -0.15) is 0 Å². The molecule has 2 aromatic carbocycles. The zero-order valence-corrected chi connectivity index (χ0v) is 20.7. The van der Waals surface area contributed by atoms with E-state index in [1.54, 1.807) is 0 Å². The fourth-order valence-electron chi connectivity index (χ4n) is 4.82. The maximum Gasteiger partial charge on any atom is 0.0253 e. The zero-order chi connectivity index (χ0) is 20.3. The molecule has 0 fully saturated rings. The molecule has 2 unspecified atom stereocenters. The highest BCUT2D eigenvalue weighted by Crippen LogP contribution is 2.54. The van der Waals surface area contributed by atoms with Crippen LogP contribution in [0.15, 0.2) is 44.4 Å². The first-order valence-corrected chi connectivity index (χ1v) is 11.8. The number of fused-ring (bicyclic) bond motifs is 2. The van der Waals surface area contributed by atoms with E-state index in [9.17, 15) is 0 Å². The lowest BCUT2D eigenvalue weighted by Gasteiger charge is -2.27. The Labute approximate surface area is 186 Å². The summed E-state index contributed by atoms with van der Waals surface area (Å²) in [6.45, 7) is 13.7. The third-order valence-corrected chi connectivity index (χ3v) is 7.74. The normalized spacial score (nSPS) is 20.5. The Morgan fingerprint density at radius 3 is 1.32 bits per heavy atom. The molecule has 0 amide bonds. The first kappa shape index (κ1) is 20.2. The van der Waals surface area contributed by atoms with Gasteiger partial charge in [-0.3, -0.25) is 0 Å². The summed E-state index contributed by atoms with van der Waals surface area (Å²) >= 11 is 7.70. The fourth-order valence-corrected chi connectivity index (χ4v) is 6.03. The van der Waals surface area contributed by atoms with Crippen LogP contribution in [0.4, 0.5) is 0 Å². The lowest BCUT2D eigenvalue weighted by Crippen LogP contribution is -2.12. The van der Waals surface area contributed by atoms with Crippen LogP contribution in [0.3, 0.4) is 0 Å². The molecule has 2 atom stereocenters. The minimum absolute atomic E-state index is 0.414. The van der Waals surface area contributed by atoms with Crippen LogP contribution in [0.5, 0.6) is 0 Å². The molecular weight excluding hydrogens is 472 g/mol. The van der Waals surface area contributed by atoms with Gasteiger partial charge >= 0.3 is 0 Å². The van der Waals surface area contributed by atoms with Crippen LogP contribution < -0.4 is 0 Å². The second-order valence-electron chi connectivity index (χ2n) is 9.05. The van der Waals surface area contributed by atoms with E-state index in [1.165, 1.54) is 53.5 Å². The van der Waals surface area contributed by atoms with Gasteiger partial charge in [0.2, 0.25) is 0 Å². The summed E-state index contributed by atoms with van der Waals surface area (Å²) in [5, 5.41) is 0. The summed E-state index contributed by atoms with van der Waals surface area (Å²) in [4.78, 5) is 0. The van der Waals surface area contributed by atoms with Gasteiger partial charge in [0.05, 0.1) is 0 Å². The van der Waals surface area contributed by atoms with Crippen molar-refractivity contribution in [3.63, 3.8) is 0 Å². The number of hydrogen-bond acceptors (Lipinski definition) is 0. The lowest BCUT2D eigenvalue weighted by atomic mass is 9.77. The number of hydrogen-bond donors (Lipinski definition) is 0. The van der Waals surface area contributed by atoms with Gasteiger partial charge in [-0.25, -0.2) is 0 Å². The van der Waals surface area contributed by atoms with Crippen molar-refractivity contribution in [3.8, 4) is 0 Å². The number of benzene rings is 2. The van der Waals surface area contributed by atoms with E-state index in [0.717, 1.165) is 0 Å². The Bertz CT molecular complexity index is 938. The van der Waals surface area contributed by atoms with Crippen molar-refractivity contribution >= 4 is 44.0 Å². The maximum atomic E-state index is 3.85. The third kappa shape index (κ3) is 3.17. The molecule has 0 bridgehead atoms. The van der Waals surface area contributed by atoms with Crippen LogP contribution in [-0.2, 0) is 0 Å². The SMILES string of the molecule is CC1=Cc2c(Br)cc(C(C)C)cc2C1C1C(C)=Cc2c(Br)cc(C(C)C)cc21. The fraction of sp³-hybridized carbons (Fsp3) is 0.385. The second-order valence-corrected chi connectivity index (χ2v) is 10.8. The Morgan fingerprint density at radius 1 is 0.643 bits per heavy atom. The molecule has 28 heavy (non-hydrogen) atoms. The van der Waals surface area contributed by atoms with E-state index < -0.39 is 0 Å². The average molecular weight is 500 g/mol. The summed E-state index contributed by atoms with van der Waals surface area (Å²) in [7, 11) is 0. The molecule has 2 aliphatic rings. The van der Waals surface area contributed by atoms with E-state index >= 15 is 0 Å². The molecule has 2 aromatic rings. The van der Waals surface area contributed by atoms with E-state index in [0.29, 0.717) is 23.7 Å². The Balaban J connectivity index is 1.89. The van der Waals surface area contributed by atoms with Crippen LogP contribution in [0.1, 0.15) is 98.6 Å². The summed E-state index contributed by atoms with van der Waals surface area (Å²) < 4.78 is 2.46. The van der Waals surface area contributed by atoms with Crippen molar-refractivity contribution in [2.75, 3.05) is 0 Å². The van der Waals surface area contributed by atoms with Crippen molar-refractivity contribution < 1.29 is 0 Å². The summed E-state index contributed by atoms with van der Waals surface area (Å²) in [6.07, 6.45) is 4.78. The lowest BCUT2D eigenvalue weighted by molar-refractivity contribution is 0.687. The largest absolute Gasteiger partial charge is 0.0642 e. The molecule has 0 spiro atoms. The van der Waals surface area contributed by atoms with Crippen molar-refractivity contribution in [1.82, 2.24) is 0 Å². The molecule has 4 rings (SSSR count). The van der Waals surface area contributed by atoms with Gasteiger partial charge in [0.1, 0.15) is 0 Å². The number of halogens is 2. The average Bonchev–Trinajstić information content (AvgIpc) is 3.11. The molecule has 0 radical (unpaired) electrons. The highest BCUT2D eigenvalue weighted by molar-refractivity contribution is 9.10. The quantitative estimate of drug-likeness (QED) is 0.394. The van der Waals surface area contributed by atoms with E-state index in [-0.39, 0.29) is 0 Å². The van der Waals surface area contributed by atoms with Crippen molar-refractivity contribution in [2.45, 2.75) is 65.2 Å². The Hall–Kier alpha value is -1.12. The maximum absolute atomic E-state index is 3.85. The molecule has 0 aliphatic heterocycles. The van der Waals surface area contributed by atoms with Gasteiger partial charge in [0.25, 0.3) is 0 Å². The minimum atomic E-state index is 0.414. The second kappa shape index (κ2) is 7.29. The molecule has 2 aliphatic carbocycles. The molecule has 0 aromatic heterocycles. The van der Waals surface area contributed by atoms with Crippen molar-refractivity contribution in [3.05, 3.63) is 77.7 Å². The van der Waals surface area contributed by atoms with Crippen molar-refractivity contribution in [2.24, 2.45) is 0 Å². The van der Waals surface area contributed by atoms with E-state index in [2.05, 4.69) is 110 Å². The van der Waals surface area contributed by atoms with Crippen LogP contribution >= 0.6 is 31.9 Å². The van der Waals surface area contributed by atoms with Crippen LogP contribution in [0, 0.1) is 0 Å². The minimum Gasteiger partial charge on any atom is -0.0642 e. The van der Waals surface area contributed by atoms with Crippen LogP contribution in [0.25, 0.3) is 12.2 Å². The molecule has 0 nitrogen and oxygen atoms in total. The van der Waals surface area contributed by atoms with E-state index in [4.69, 9.17) is 0 Å². The third-order valence-electron chi connectivity index (χ3n) is 6.43. The predicted octanol–water partition coefficient (Wildman–Crippen LogP) is 9.16. The molecule has 0 saturated carbocycles. The molecular formula is C26H28Br2. The number of allylic oxidation sites excluding steroid dienone is 2. The Morgan fingerprint density at radius 2 is 1.00 bits per heavy atom. The van der Waals surface area contributed by atoms with E-state index in [1.807, 2.05) is 0 Å². The Kier molecular flexibility index (Phi) is 5.25. The van der Waals surface area contributed by atoms with Crippen molar-refractivity contribution in [1.29, 1.82) is 0 Å². The van der Waals surface area contributed by atoms with Gasteiger partial charge in [-0.15, -0.1) is 0 Å². The first-order valence-electron chi connectivity index (χ1n) is 10.2.